The molecule has 3 amide bonds. The van der Waals surface area contributed by atoms with Gasteiger partial charge in [0.1, 0.15) is 0 Å². The van der Waals surface area contributed by atoms with E-state index in [1.54, 1.807) is 49.4 Å². The van der Waals surface area contributed by atoms with E-state index in [1.165, 1.54) is 6.08 Å². The van der Waals surface area contributed by atoms with Gasteiger partial charge in [-0.2, -0.15) is 0 Å². The fraction of sp³-hybridized carbons (Fsp3) is 0.105. The zero-order valence-corrected chi connectivity index (χ0v) is 16.6. The molecule has 0 heterocycles. The maximum absolute atomic E-state index is 11.9. The third-order valence-corrected chi connectivity index (χ3v) is 4.13. The molecule has 9 heteroatoms. The molecule has 0 spiro atoms. The van der Waals surface area contributed by atoms with E-state index in [1.807, 2.05) is 6.92 Å². The average molecular weight is 421 g/mol. The monoisotopic (exact) mass is 420 g/mol. The van der Waals surface area contributed by atoms with Gasteiger partial charge < -0.3 is 16.1 Å². The van der Waals surface area contributed by atoms with Crippen molar-refractivity contribution < 1.29 is 14.4 Å². The van der Waals surface area contributed by atoms with Crippen molar-refractivity contribution in [3.05, 3.63) is 69.8 Å². The molecule has 0 saturated carbocycles. The molecule has 0 atom stereocenters. The number of hydrogen-bond acceptors (Lipinski definition) is 4. The number of nitrogens with one attached hydrogen (secondary N) is 4. The summed E-state index contributed by atoms with van der Waals surface area (Å²) in [6.45, 7) is 3.38. The van der Waals surface area contributed by atoms with E-state index >= 15 is 0 Å². The summed E-state index contributed by atoms with van der Waals surface area (Å²) in [6.07, 6.45) is 1.23. The Morgan fingerprint density at radius 3 is 2.14 bits per heavy atom. The van der Waals surface area contributed by atoms with Gasteiger partial charge in [0.2, 0.25) is 5.91 Å². The Kier molecular flexibility index (Phi) is 7.43. The Hall–Kier alpha value is -3.03. The van der Waals surface area contributed by atoms with Crippen LogP contribution in [0.25, 0.3) is 0 Å². The molecule has 2 aromatic rings. The molecular formula is C19H18Cl2N4O3. The van der Waals surface area contributed by atoms with Crippen molar-refractivity contribution in [1.82, 2.24) is 10.9 Å². The van der Waals surface area contributed by atoms with E-state index in [9.17, 15) is 14.4 Å². The van der Waals surface area contributed by atoms with Crippen LogP contribution in [-0.2, 0) is 14.4 Å². The summed E-state index contributed by atoms with van der Waals surface area (Å²) in [7, 11) is 0. The highest BCUT2D eigenvalue weighted by Crippen LogP contribution is 2.19. The number of halogens is 2. The number of hydrogen-bond donors (Lipinski definition) is 4. The summed E-state index contributed by atoms with van der Waals surface area (Å²) in [4.78, 5) is 35.7. The Morgan fingerprint density at radius 1 is 0.857 bits per heavy atom. The first-order valence-electron chi connectivity index (χ1n) is 8.13. The third-order valence-electron chi connectivity index (χ3n) is 3.47. The molecule has 146 valence electrons. The van der Waals surface area contributed by atoms with Gasteiger partial charge in [-0.25, -0.2) is 0 Å². The predicted molar refractivity (Wildman–Crippen MR) is 110 cm³/mol. The fourth-order valence-electron chi connectivity index (χ4n) is 2.01. The molecule has 28 heavy (non-hydrogen) atoms. The molecular weight excluding hydrogens is 403 g/mol. The molecule has 7 nitrogen and oxygen atoms in total. The minimum atomic E-state index is -0.928. The number of hydrazine groups is 1. The van der Waals surface area contributed by atoms with Gasteiger partial charge >= 0.3 is 11.8 Å². The first kappa shape index (κ1) is 21.3. The van der Waals surface area contributed by atoms with E-state index in [0.717, 1.165) is 5.56 Å². The SMILES string of the molecule is CC(=CC(=O)Nc1ccc(Cl)cc1)NNC(=O)C(=O)Nc1ccc(C)c(Cl)c1. The Labute approximate surface area is 172 Å². The molecule has 2 rings (SSSR count). The molecule has 0 saturated heterocycles. The minimum Gasteiger partial charge on any atom is -0.322 e. The molecule has 0 aliphatic carbocycles. The highest BCUT2D eigenvalue weighted by molar-refractivity contribution is 6.39. The van der Waals surface area contributed by atoms with Crippen LogP contribution in [0.4, 0.5) is 11.4 Å². The van der Waals surface area contributed by atoms with Gasteiger partial charge in [0, 0.05) is 33.2 Å². The van der Waals surface area contributed by atoms with Crippen molar-refractivity contribution in [1.29, 1.82) is 0 Å². The first-order valence-corrected chi connectivity index (χ1v) is 8.88. The van der Waals surface area contributed by atoms with Gasteiger partial charge in [-0.15, -0.1) is 0 Å². The Bertz CT molecular complexity index is 927. The molecule has 4 N–H and O–H groups in total. The zero-order valence-electron chi connectivity index (χ0n) is 15.1. The lowest BCUT2D eigenvalue weighted by atomic mass is 10.2. The number of rotatable bonds is 5. The van der Waals surface area contributed by atoms with Gasteiger partial charge in [-0.05, 0) is 55.8 Å². The highest BCUT2D eigenvalue weighted by atomic mass is 35.5. The van der Waals surface area contributed by atoms with Crippen molar-refractivity contribution in [3.8, 4) is 0 Å². The van der Waals surface area contributed by atoms with Crippen molar-refractivity contribution >= 4 is 52.3 Å². The van der Waals surface area contributed by atoms with Crippen molar-refractivity contribution in [2.75, 3.05) is 10.6 Å². The second-order valence-corrected chi connectivity index (χ2v) is 6.66. The van der Waals surface area contributed by atoms with Crippen molar-refractivity contribution in [3.63, 3.8) is 0 Å². The molecule has 0 aliphatic rings. The highest BCUT2D eigenvalue weighted by Gasteiger charge is 2.14. The van der Waals surface area contributed by atoms with E-state index in [0.29, 0.717) is 27.1 Å². The van der Waals surface area contributed by atoms with E-state index < -0.39 is 17.7 Å². The number of anilines is 2. The van der Waals surface area contributed by atoms with Crippen molar-refractivity contribution in [2.24, 2.45) is 0 Å². The third kappa shape index (κ3) is 6.61. The number of benzene rings is 2. The summed E-state index contributed by atoms with van der Waals surface area (Å²) < 4.78 is 0. The largest absolute Gasteiger partial charge is 0.327 e. The Morgan fingerprint density at radius 2 is 1.50 bits per heavy atom. The van der Waals surface area contributed by atoms with Crippen LogP contribution in [0.3, 0.4) is 0 Å². The number of amides is 3. The maximum atomic E-state index is 11.9. The van der Waals surface area contributed by atoms with Crippen LogP contribution in [0.5, 0.6) is 0 Å². The zero-order chi connectivity index (χ0) is 20.7. The second-order valence-electron chi connectivity index (χ2n) is 5.82. The molecule has 0 aliphatic heterocycles. The lowest BCUT2D eigenvalue weighted by Gasteiger charge is -2.10. The summed E-state index contributed by atoms with van der Waals surface area (Å²) >= 11 is 11.8. The van der Waals surface area contributed by atoms with Gasteiger partial charge in [0.05, 0.1) is 0 Å². The standard InChI is InChI=1S/C19H18Cl2N4O3/c1-11-3-6-15(10-16(11)21)23-18(27)19(28)25-24-12(2)9-17(26)22-14-7-4-13(20)5-8-14/h3-10,24H,1-2H3,(H,22,26)(H,23,27)(H,25,28). The summed E-state index contributed by atoms with van der Waals surface area (Å²) in [5.41, 5.74) is 6.83. The predicted octanol–water partition coefficient (Wildman–Crippen LogP) is 3.40. The number of allylic oxidation sites excluding steroid dienone is 1. The normalized spacial score (nSPS) is 10.8. The van der Waals surface area contributed by atoms with E-state index in [4.69, 9.17) is 23.2 Å². The lowest BCUT2D eigenvalue weighted by molar-refractivity contribution is -0.136. The molecule has 0 radical (unpaired) electrons. The fourth-order valence-corrected chi connectivity index (χ4v) is 2.32. The smallest absolute Gasteiger partial charge is 0.322 e. The lowest BCUT2D eigenvalue weighted by Crippen LogP contribution is -2.43. The van der Waals surface area contributed by atoms with Crippen LogP contribution >= 0.6 is 23.2 Å². The second kappa shape index (κ2) is 9.77. The van der Waals surface area contributed by atoms with E-state index in [-0.39, 0.29) is 0 Å². The van der Waals surface area contributed by atoms with Crippen molar-refractivity contribution in [2.45, 2.75) is 13.8 Å². The van der Waals surface area contributed by atoms with Crippen LogP contribution in [0.2, 0.25) is 10.0 Å². The Balaban J connectivity index is 1.83. The van der Waals surface area contributed by atoms with Crippen LogP contribution < -0.4 is 21.5 Å². The van der Waals surface area contributed by atoms with Gasteiger partial charge in [-0.3, -0.25) is 19.8 Å². The van der Waals surface area contributed by atoms with Crippen LogP contribution in [-0.4, -0.2) is 17.7 Å². The van der Waals surface area contributed by atoms with E-state index in [2.05, 4.69) is 21.5 Å². The quantitative estimate of drug-likeness (QED) is 0.338. The average Bonchev–Trinajstić information content (AvgIpc) is 2.64. The molecule has 0 fully saturated rings. The molecule has 0 bridgehead atoms. The summed E-state index contributed by atoms with van der Waals surface area (Å²) in [5.74, 6) is -2.23. The number of carbonyl (C=O) groups is 3. The summed E-state index contributed by atoms with van der Waals surface area (Å²) in [6, 6.07) is 11.5. The molecule has 0 unspecified atom stereocenters. The van der Waals surface area contributed by atoms with Gasteiger partial charge in [0.25, 0.3) is 0 Å². The number of aryl methyl sites for hydroxylation is 1. The maximum Gasteiger partial charge on any atom is 0.327 e. The topological polar surface area (TPSA) is 99.3 Å². The van der Waals surface area contributed by atoms with Crippen LogP contribution in [0, 0.1) is 6.92 Å². The number of carbonyl (C=O) groups excluding carboxylic acids is 3. The van der Waals surface area contributed by atoms with Crippen LogP contribution in [0.15, 0.2) is 54.2 Å². The molecule has 2 aromatic carbocycles. The van der Waals surface area contributed by atoms with Gasteiger partial charge in [-0.1, -0.05) is 29.3 Å². The summed E-state index contributed by atoms with van der Waals surface area (Å²) in [5, 5.41) is 6.09. The van der Waals surface area contributed by atoms with Gasteiger partial charge in [0.15, 0.2) is 0 Å². The first-order chi connectivity index (χ1) is 13.2. The minimum absolute atomic E-state index is 0.325. The molecule has 0 aromatic heterocycles. The van der Waals surface area contributed by atoms with Crippen LogP contribution in [0.1, 0.15) is 12.5 Å².